The summed E-state index contributed by atoms with van der Waals surface area (Å²) in [5.74, 6) is 1.31. The third-order valence-electron chi connectivity index (χ3n) is 5.10. The normalized spacial score (nSPS) is 12.9. The quantitative estimate of drug-likeness (QED) is 0.543. The molecule has 1 unspecified atom stereocenters. The zero-order valence-electron chi connectivity index (χ0n) is 15.4. The van der Waals surface area contributed by atoms with Crippen molar-refractivity contribution in [2.45, 2.75) is 19.5 Å². The number of aryl methyl sites for hydroxylation is 1. The second kappa shape index (κ2) is 6.79. The predicted octanol–water partition coefficient (Wildman–Crippen LogP) is 3.43. The Morgan fingerprint density at radius 2 is 1.81 bits per heavy atom. The van der Waals surface area contributed by atoms with E-state index in [1.165, 1.54) is 4.57 Å². The van der Waals surface area contributed by atoms with Crippen LogP contribution in [0.3, 0.4) is 0 Å². The summed E-state index contributed by atoms with van der Waals surface area (Å²) in [7, 11) is 3.75. The molecule has 0 aliphatic rings. The number of benzene rings is 2. The van der Waals surface area contributed by atoms with Crippen molar-refractivity contribution in [1.29, 1.82) is 0 Å². The molecule has 4 rings (SSSR count). The Kier molecular flexibility index (Phi) is 4.45. The molecule has 1 atom stereocenters. The van der Waals surface area contributed by atoms with Gasteiger partial charge in [-0.3, -0.25) is 18.7 Å². The lowest BCUT2D eigenvalue weighted by Gasteiger charge is -2.25. The van der Waals surface area contributed by atoms with Gasteiger partial charge in [-0.1, -0.05) is 41.9 Å². The highest BCUT2D eigenvalue weighted by atomic mass is 35.5. The molecular weight excluding hydrogens is 362 g/mol. The smallest absolute Gasteiger partial charge is 0.262 e. The third kappa shape index (κ3) is 2.91. The second-order valence-corrected chi connectivity index (χ2v) is 7.15. The van der Waals surface area contributed by atoms with E-state index in [-0.39, 0.29) is 11.6 Å². The minimum absolute atomic E-state index is 0.0742. The number of fused-ring (bicyclic) bond motifs is 3. The maximum Gasteiger partial charge on any atom is 0.262 e. The molecule has 0 saturated heterocycles. The molecule has 0 aliphatic carbocycles. The molecule has 0 bridgehead atoms. The fourth-order valence-corrected chi connectivity index (χ4v) is 3.70. The number of aromatic nitrogens is 4. The molecule has 0 aliphatic heterocycles. The van der Waals surface area contributed by atoms with Crippen molar-refractivity contribution < 1.29 is 0 Å². The van der Waals surface area contributed by atoms with E-state index in [1.807, 2.05) is 60.0 Å². The maximum absolute atomic E-state index is 12.6. The lowest BCUT2D eigenvalue weighted by Crippen LogP contribution is -2.24. The number of hydrogen-bond donors (Lipinski definition) is 0. The predicted molar refractivity (Wildman–Crippen MR) is 107 cm³/mol. The van der Waals surface area contributed by atoms with E-state index >= 15 is 0 Å². The van der Waals surface area contributed by atoms with Crippen molar-refractivity contribution in [3.8, 4) is 0 Å². The lowest BCUT2D eigenvalue weighted by molar-refractivity contribution is 0.246. The van der Waals surface area contributed by atoms with E-state index in [9.17, 15) is 4.79 Å². The van der Waals surface area contributed by atoms with Gasteiger partial charge >= 0.3 is 0 Å². The lowest BCUT2D eigenvalue weighted by atomic mass is 10.1. The van der Waals surface area contributed by atoms with Crippen LogP contribution in [0.4, 0.5) is 0 Å². The first-order chi connectivity index (χ1) is 13.0. The molecule has 0 spiro atoms. The molecule has 2 aromatic carbocycles. The first-order valence-electron chi connectivity index (χ1n) is 8.75. The van der Waals surface area contributed by atoms with E-state index in [0.29, 0.717) is 17.7 Å². The fraction of sp³-hybridized carbons (Fsp3) is 0.250. The molecule has 2 heterocycles. The highest BCUT2D eigenvalue weighted by Gasteiger charge is 2.19. The van der Waals surface area contributed by atoms with Crippen LogP contribution >= 0.6 is 11.6 Å². The van der Waals surface area contributed by atoms with Crippen molar-refractivity contribution in [3.63, 3.8) is 0 Å². The van der Waals surface area contributed by atoms with Crippen LogP contribution in [-0.2, 0) is 13.6 Å². The van der Waals surface area contributed by atoms with Crippen LogP contribution in [0.25, 0.3) is 16.7 Å². The van der Waals surface area contributed by atoms with E-state index < -0.39 is 0 Å². The Balaban J connectivity index is 1.79. The van der Waals surface area contributed by atoms with Crippen LogP contribution < -0.4 is 5.56 Å². The largest absolute Gasteiger partial charge is 0.292 e. The minimum atomic E-state index is -0.0742. The zero-order valence-corrected chi connectivity index (χ0v) is 16.2. The van der Waals surface area contributed by atoms with Crippen LogP contribution in [0.5, 0.6) is 0 Å². The summed E-state index contributed by atoms with van der Waals surface area (Å²) in [5.41, 5.74) is 1.80. The van der Waals surface area contributed by atoms with Gasteiger partial charge in [0, 0.05) is 18.1 Å². The molecule has 6 nitrogen and oxygen atoms in total. The van der Waals surface area contributed by atoms with Gasteiger partial charge in [0.05, 0.1) is 17.4 Å². The van der Waals surface area contributed by atoms with Crippen molar-refractivity contribution in [1.82, 2.24) is 24.1 Å². The first kappa shape index (κ1) is 17.7. The molecule has 0 saturated carbocycles. The molecule has 7 heteroatoms. The Bertz CT molecular complexity index is 1200. The highest BCUT2D eigenvalue weighted by Crippen LogP contribution is 2.27. The van der Waals surface area contributed by atoms with Crippen LogP contribution in [0, 0.1) is 0 Å². The molecule has 2 aromatic heterocycles. The van der Waals surface area contributed by atoms with Crippen molar-refractivity contribution >= 4 is 28.3 Å². The molecule has 0 amide bonds. The summed E-state index contributed by atoms with van der Waals surface area (Å²) in [6.45, 7) is 2.67. The second-order valence-electron chi connectivity index (χ2n) is 6.75. The molecule has 0 N–H and O–H groups in total. The van der Waals surface area contributed by atoms with Crippen molar-refractivity contribution in [2.24, 2.45) is 7.05 Å². The number of halogens is 1. The Morgan fingerprint density at radius 3 is 2.59 bits per heavy atom. The summed E-state index contributed by atoms with van der Waals surface area (Å²) in [6.07, 6.45) is 0. The topological polar surface area (TPSA) is 55.4 Å². The van der Waals surface area contributed by atoms with E-state index in [0.717, 1.165) is 21.9 Å². The first-order valence-corrected chi connectivity index (χ1v) is 9.13. The number of para-hydroxylation sites is 1. The van der Waals surface area contributed by atoms with Gasteiger partial charge in [-0.15, -0.1) is 10.2 Å². The fourth-order valence-electron chi connectivity index (χ4n) is 3.41. The summed E-state index contributed by atoms with van der Waals surface area (Å²) in [5, 5.41) is 10.0. The average molecular weight is 382 g/mol. The summed E-state index contributed by atoms with van der Waals surface area (Å²) >= 11 is 6.36. The van der Waals surface area contributed by atoms with Gasteiger partial charge in [0.2, 0.25) is 5.78 Å². The van der Waals surface area contributed by atoms with Gasteiger partial charge < -0.3 is 0 Å². The number of rotatable bonds is 4. The molecule has 0 fully saturated rings. The van der Waals surface area contributed by atoms with Crippen LogP contribution in [-0.4, -0.2) is 31.1 Å². The molecular formula is C20H20ClN5O. The van der Waals surface area contributed by atoms with Crippen LogP contribution in [0.1, 0.15) is 24.4 Å². The molecule has 138 valence electrons. The Labute approximate surface area is 161 Å². The average Bonchev–Trinajstić information content (AvgIpc) is 3.10. The minimum Gasteiger partial charge on any atom is -0.292 e. The van der Waals surface area contributed by atoms with E-state index in [2.05, 4.69) is 22.0 Å². The van der Waals surface area contributed by atoms with E-state index in [1.54, 1.807) is 7.05 Å². The van der Waals surface area contributed by atoms with Gasteiger partial charge in [0.15, 0.2) is 5.82 Å². The highest BCUT2D eigenvalue weighted by molar-refractivity contribution is 6.31. The van der Waals surface area contributed by atoms with Crippen molar-refractivity contribution in [3.05, 3.63) is 75.3 Å². The molecule has 0 radical (unpaired) electrons. The Hall–Kier alpha value is -2.70. The summed E-state index contributed by atoms with van der Waals surface area (Å²) in [6, 6.07) is 15.5. The SMILES string of the molecule is CC(c1ccccc1Cl)N(C)Cc1nnc2n(C)c(=O)c3ccccc3n12. The van der Waals surface area contributed by atoms with Gasteiger partial charge in [-0.25, -0.2) is 0 Å². The van der Waals surface area contributed by atoms with Gasteiger partial charge in [0.1, 0.15) is 0 Å². The zero-order chi connectivity index (χ0) is 19.1. The van der Waals surface area contributed by atoms with Crippen LogP contribution in [0.15, 0.2) is 53.3 Å². The van der Waals surface area contributed by atoms with Crippen LogP contribution in [0.2, 0.25) is 5.02 Å². The van der Waals surface area contributed by atoms with Gasteiger partial charge in [-0.05, 0) is 37.7 Å². The number of hydrogen-bond acceptors (Lipinski definition) is 4. The summed E-state index contributed by atoms with van der Waals surface area (Å²) < 4.78 is 3.49. The Morgan fingerprint density at radius 1 is 1.11 bits per heavy atom. The third-order valence-corrected chi connectivity index (χ3v) is 5.44. The van der Waals surface area contributed by atoms with Crippen molar-refractivity contribution in [2.75, 3.05) is 7.05 Å². The van der Waals surface area contributed by atoms with Gasteiger partial charge in [0.25, 0.3) is 5.56 Å². The van der Waals surface area contributed by atoms with E-state index in [4.69, 9.17) is 11.6 Å². The molecule has 4 aromatic rings. The van der Waals surface area contributed by atoms with Gasteiger partial charge in [-0.2, -0.15) is 0 Å². The maximum atomic E-state index is 12.6. The summed E-state index contributed by atoms with van der Waals surface area (Å²) in [4.78, 5) is 14.7. The monoisotopic (exact) mass is 381 g/mol. The molecule has 27 heavy (non-hydrogen) atoms. The number of nitrogens with zero attached hydrogens (tertiary/aromatic N) is 5. The standard InChI is InChI=1S/C20H20ClN5O/c1-13(14-8-4-6-10-16(14)21)24(2)12-18-22-23-20-25(3)19(27)15-9-5-7-11-17(15)26(18)20/h4-11,13H,12H2,1-3H3.